The van der Waals surface area contributed by atoms with Crippen LogP contribution in [0.1, 0.15) is 5.56 Å². The van der Waals surface area contributed by atoms with E-state index in [9.17, 15) is 5.26 Å². The third-order valence-electron chi connectivity index (χ3n) is 11.5. The van der Waals surface area contributed by atoms with E-state index in [1.165, 1.54) is 0 Å². The van der Waals surface area contributed by atoms with Crippen LogP contribution in [-0.4, -0.2) is 54.0 Å². The highest BCUT2D eigenvalue weighted by Gasteiger charge is 2.24. The molecule has 298 valence electrons. The Balaban J connectivity index is 1.18. The number of fused-ring (bicyclic) bond motifs is 6. The first-order valence-electron chi connectivity index (χ1n) is 20.5. The van der Waals surface area contributed by atoms with Crippen molar-refractivity contribution in [2.45, 2.75) is 0 Å². The Kier molecular flexibility index (Phi) is 8.55. The Morgan fingerprint density at radius 3 is 1.03 bits per heavy atom. The monoisotopic (exact) mass is 822 g/mol. The number of benzene rings is 5. The summed E-state index contributed by atoms with van der Waals surface area (Å²) in [5.41, 5.74) is 11.2. The van der Waals surface area contributed by atoms with Crippen LogP contribution in [0.5, 0.6) is 0 Å². The molecule has 0 spiro atoms. The first-order chi connectivity index (χ1) is 31.7. The number of hydrogen-bond acceptors (Lipinski definition) is 10. The number of aromatic nitrogens is 11. The summed E-state index contributed by atoms with van der Waals surface area (Å²) in [6.45, 7) is 0. The molecule has 0 saturated carbocycles. The lowest BCUT2D eigenvalue weighted by Gasteiger charge is -2.20. The van der Waals surface area contributed by atoms with Crippen molar-refractivity contribution in [1.29, 1.82) is 5.26 Å². The molecular weight excluding hydrogens is 793 g/mol. The van der Waals surface area contributed by atoms with Crippen LogP contribution in [0, 0.1) is 11.3 Å². The lowest BCUT2D eigenvalue weighted by molar-refractivity contribution is 1.09. The second-order valence-electron chi connectivity index (χ2n) is 15.1. The van der Waals surface area contributed by atoms with Crippen molar-refractivity contribution in [3.63, 3.8) is 0 Å². The summed E-state index contributed by atoms with van der Waals surface area (Å²) in [4.78, 5) is 41.7. The normalized spacial score (nSPS) is 11.4. The molecule has 0 radical (unpaired) electrons. The second kappa shape index (κ2) is 15.0. The quantitative estimate of drug-likeness (QED) is 0.152. The van der Waals surface area contributed by atoms with Crippen molar-refractivity contribution in [2.24, 2.45) is 0 Å². The number of rotatable bonds is 7. The smallest absolute Gasteiger partial charge is 0.159 e. The van der Waals surface area contributed by atoms with Crippen molar-refractivity contribution >= 4 is 43.6 Å². The van der Waals surface area contributed by atoms with Crippen LogP contribution in [-0.2, 0) is 0 Å². The first-order valence-corrected chi connectivity index (χ1v) is 20.5. The molecule has 0 atom stereocenters. The van der Waals surface area contributed by atoms with Crippen LogP contribution in [0.3, 0.4) is 0 Å². The molecule has 7 aromatic heterocycles. The molecule has 0 aliphatic rings. The minimum absolute atomic E-state index is 0.538. The Bertz CT molecular complexity index is 3380. The Hall–Kier alpha value is -9.34. The largest absolute Gasteiger partial charge is 0.307 e. The van der Waals surface area contributed by atoms with E-state index >= 15 is 0 Å². The summed E-state index contributed by atoms with van der Waals surface area (Å²) < 4.78 is 4.51. The van der Waals surface area contributed by atoms with Crippen LogP contribution in [0.15, 0.2) is 183 Å². The molecule has 7 heterocycles. The van der Waals surface area contributed by atoms with Crippen LogP contribution < -0.4 is 0 Å². The van der Waals surface area contributed by atoms with Gasteiger partial charge in [-0.05, 0) is 115 Å². The number of pyridine rings is 1. The topological polar surface area (TPSA) is 150 Å². The fourth-order valence-corrected chi connectivity index (χ4v) is 8.73. The summed E-state index contributed by atoms with van der Waals surface area (Å²) in [7, 11) is 0. The van der Waals surface area contributed by atoms with Gasteiger partial charge in [0.25, 0.3) is 0 Å². The van der Waals surface area contributed by atoms with Crippen LogP contribution in [0.4, 0.5) is 0 Å². The Morgan fingerprint density at radius 2 is 0.703 bits per heavy atom. The number of nitrogens with zero attached hydrogens (tertiary/aromatic N) is 12. The Morgan fingerprint density at radius 1 is 0.359 bits per heavy atom. The van der Waals surface area contributed by atoms with E-state index < -0.39 is 0 Å². The third-order valence-corrected chi connectivity index (χ3v) is 11.5. The van der Waals surface area contributed by atoms with E-state index in [4.69, 9.17) is 4.98 Å². The molecule has 0 bridgehead atoms. The second-order valence-corrected chi connectivity index (χ2v) is 15.1. The zero-order valence-electron chi connectivity index (χ0n) is 33.7. The van der Waals surface area contributed by atoms with Gasteiger partial charge in [0.15, 0.2) is 23.3 Å². The summed E-state index contributed by atoms with van der Waals surface area (Å²) in [5, 5.41) is 14.2. The average Bonchev–Trinajstić information content (AvgIpc) is 3.88. The molecule has 0 fully saturated rings. The molecule has 12 aromatic rings. The summed E-state index contributed by atoms with van der Waals surface area (Å²) in [5.74, 6) is 2.50. The van der Waals surface area contributed by atoms with Gasteiger partial charge < -0.3 is 9.13 Å². The maximum Gasteiger partial charge on any atom is 0.159 e. The molecular formula is C52H30N12. The van der Waals surface area contributed by atoms with Gasteiger partial charge in [0, 0.05) is 98.9 Å². The fraction of sp³-hybridized carbons (Fsp3) is 0. The van der Waals surface area contributed by atoms with E-state index in [1.807, 2.05) is 54.9 Å². The van der Waals surface area contributed by atoms with Gasteiger partial charge in [0.2, 0.25) is 0 Å². The highest BCUT2D eigenvalue weighted by molar-refractivity contribution is 6.14. The van der Waals surface area contributed by atoms with Crippen LogP contribution in [0.2, 0.25) is 0 Å². The van der Waals surface area contributed by atoms with Crippen molar-refractivity contribution in [1.82, 2.24) is 54.0 Å². The van der Waals surface area contributed by atoms with Gasteiger partial charge in [0.05, 0.1) is 57.5 Å². The van der Waals surface area contributed by atoms with Crippen molar-refractivity contribution < 1.29 is 0 Å². The third kappa shape index (κ3) is 6.03. The van der Waals surface area contributed by atoms with Gasteiger partial charge in [-0.1, -0.05) is 12.1 Å². The average molecular weight is 823 g/mol. The minimum atomic E-state index is 0.538. The molecule has 12 nitrogen and oxygen atoms in total. The van der Waals surface area contributed by atoms with E-state index in [0.29, 0.717) is 28.9 Å². The predicted molar refractivity (Wildman–Crippen MR) is 247 cm³/mol. The molecule has 12 rings (SSSR count). The first kappa shape index (κ1) is 36.5. The number of hydrogen-bond donors (Lipinski definition) is 0. The fourth-order valence-electron chi connectivity index (χ4n) is 8.73. The summed E-state index contributed by atoms with van der Waals surface area (Å²) >= 11 is 0. The molecule has 0 aliphatic carbocycles. The molecule has 0 amide bonds. The lowest BCUT2D eigenvalue weighted by atomic mass is 10.0. The summed E-state index contributed by atoms with van der Waals surface area (Å²) in [6.07, 6.45) is 17.8. The molecule has 0 saturated heterocycles. The lowest BCUT2D eigenvalue weighted by Crippen LogP contribution is -2.05. The van der Waals surface area contributed by atoms with Crippen molar-refractivity contribution in [3.8, 4) is 74.1 Å². The van der Waals surface area contributed by atoms with Crippen molar-refractivity contribution in [2.75, 3.05) is 0 Å². The van der Waals surface area contributed by atoms with E-state index in [0.717, 1.165) is 88.4 Å². The highest BCUT2D eigenvalue weighted by Crippen LogP contribution is 2.44. The van der Waals surface area contributed by atoms with Crippen LogP contribution in [0.25, 0.3) is 112 Å². The van der Waals surface area contributed by atoms with Gasteiger partial charge in [-0.2, -0.15) is 5.26 Å². The van der Waals surface area contributed by atoms with Gasteiger partial charge in [-0.3, -0.25) is 4.98 Å². The minimum Gasteiger partial charge on any atom is -0.307 e. The SMILES string of the molecule is N#Cc1cccc(-c2c(-n3c4ccc(-c5ncccn5)cc4c4cc(-c5ncccn5)ccc43)cncc2-n2c3ccc(-c4ncccn4)cc3c3cc(-c4ncccn4)ccc32)c1. The van der Waals surface area contributed by atoms with Gasteiger partial charge in [-0.25, -0.2) is 39.9 Å². The maximum absolute atomic E-state index is 10.2. The maximum atomic E-state index is 10.2. The molecule has 0 unspecified atom stereocenters. The summed E-state index contributed by atoms with van der Waals surface area (Å²) in [6, 6.07) is 42.6. The van der Waals surface area contributed by atoms with Gasteiger partial charge >= 0.3 is 0 Å². The van der Waals surface area contributed by atoms with Crippen LogP contribution >= 0.6 is 0 Å². The van der Waals surface area contributed by atoms with Gasteiger partial charge in [-0.15, -0.1) is 0 Å². The zero-order chi connectivity index (χ0) is 42.6. The molecule has 64 heavy (non-hydrogen) atoms. The number of nitriles is 1. The molecule has 0 aliphatic heterocycles. The van der Waals surface area contributed by atoms with E-state index in [2.05, 4.69) is 134 Å². The zero-order valence-corrected chi connectivity index (χ0v) is 33.7. The molecule has 0 N–H and O–H groups in total. The predicted octanol–water partition coefficient (Wildman–Crippen LogP) is 10.6. The Labute approximate surface area is 364 Å². The molecule has 12 heteroatoms. The van der Waals surface area contributed by atoms with Gasteiger partial charge in [0.1, 0.15) is 0 Å². The van der Waals surface area contributed by atoms with Crippen molar-refractivity contribution in [3.05, 3.63) is 189 Å². The molecule has 5 aromatic carbocycles. The standard InChI is InChI=1S/C52H30N12/c53-29-32-6-1-7-33(24-32)48-46(63-42-12-8-34(49-55-16-2-17-56-49)25-38(42)39-26-35(9-13-43(39)63)50-57-18-3-19-58-50)30-54-31-47(48)64-44-14-10-36(51-59-20-4-21-60-51)27-40(44)41-28-37(11-15-45(41)64)52-61-22-5-23-62-52/h1-28,30-31H. The van der Waals surface area contributed by atoms with E-state index in [-0.39, 0.29) is 0 Å². The van der Waals surface area contributed by atoms with E-state index in [1.54, 1.807) is 49.6 Å². The highest BCUT2D eigenvalue weighted by atomic mass is 15.0.